The van der Waals surface area contributed by atoms with E-state index in [1.54, 1.807) is 51.1 Å². The summed E-state index contributed by atoms with van der Waals surface area (Å²) in [6, 6.07) is 7.73. The summed E-state index contributed by atoms with van der Waals surface area (Å²) in [5.41, 5.74) is -0.201. The Kier molecular flexibility index (Phi) is 7.79. The van der Waals surface area contributed by atoms with E-state index >= 15 is 0 Å². The van der Waals surface area contributed by atoms with Gasteiger partial charge in [-0.25, -0.2) is 9.59 Å². The quantitative estimate of drug-likeness (QED) is 0.725. The van der Waals surface area contributed by atoms with Crippen LogP contribution in [-0.4, -0.2) is 54.6 Å². The first-order valence-corrected chi connectivity index (χ1v) is 9.86. The molecule has 0 aliphatic carbocycles. The summed E-state index contributed by atoms with van der Waals surface area (Å²) < 4.78 is 10.9. The fourth-order valence-electron chi connectivity index (χ4n) is 3.01. The first-order valence-electron chi connectivity index (χ1n) is 9.86. The minimum atomic E-state index is -1.28. The van der Waals surface area contributed by atoms with E-state index in [2.05, 4.69) is 10.6 Å². The summed E-state index contributed by atoms with van der Waals surface area (Å²) in [5.74, 6) is -1.96. The number of likely N-dealkylation sites (tertiary alicyclic amines) is 1. The van der Waals surface area contributed by atoms with Crippen LogP contribution in [0.3, 0.4) is 0 Å². The van der Waals surface area contributed by atoms with Crippen LogP contribution in [0.1, 0.15) is 45.3 Å². The monoisotopic (exact) mass is 419 g/mol. The Morgan fingerprint density at radius 1 is 1.13 bits per heavy atom. The highest BCUT2D eigenvalue weighted by molar-refractivity contribution is 5.97. The Balaban J connectivity index is 2.09. The molecule has 1 aromatic rings. The van der Waals surface area contributed by atoms with E-state index < -0.39 is 41.6 Å². The molecule has 164 valence electrons. The number of benzene rings is 1. The van der Waals surface area contributed by atoms with Crippen molar-refractivity contribution in [2.24, 2.45) is 5.92 Å². The average Bonchev–Trinajstić information content (AvgIpc) is 2.71. The molecule has 0 aromatic heterocycles. The van der Waals surface area contributed by atoms with Crippen molar-refractivity contribution in [3.8, 4) is 0 Å². The van der Waals surface area contributed by atoms with Crippen LogP contribution < -0.4 is 10.6 Å². The first-order chi connectivity index (χ1) is 14.1. The molecule has 9 heteroatoms. The van der Waals surface area contributed by atoms with Gasteiger partial charge < -0.3 is 19.7 Å². The molecule has 2 rings (SSSR count). The molecule has 0 spiro atoms. The number of carbonyl (C=O) groups excluding carboxylic acids is 4. The lowest BCUT2D eigenvalue weighted by molar-refractivity contribution is -0.161. The van der Waals surface area contributed by atoms with E-state index in [-0.39, 0.29) is 6.54 Å². The summed E-state index contributed by atoms with van der Waals surface area (Å²) in [4.78, 5) is 50.7. The van der Waals surface area contributed by atoms with Gasteiger partial charge in [0.15, 0.2) is 0 Å². The van der Waals surface area contributed by atoms with Gasteiger partial charge >= 0.3 is 18.1 Å². The number of carbonyl (C=O) groups is 4. The average molecular weight is 419 g/mol. The van der Waals surface area contributed by atoms with Gasteiger partial charge in [-0.15, -0.1) is 0 Å². The largest absolute Gasteiger partial charge is 0.447 e. The van der Waals surface area contributed by atoms with E-state index in [0.717, 1.165) is 0 Å². The molecular formula is C21H29N3O6. The normalized spacial score (nSPS) is 17.5. The second-order valence-corrected chi connectivity index (χ2v) is 8.06. The number of hydrogen-bond acceptors (Lipinski definition) is 6. The molecule has 0 saturated carbocycles. The zero-order valence-corrected chi connectivity index (χ0v) is 17.8. The highest BCUT2D eigenvalue weighted by atomic mass is 16.6. The van der Waals surface area contributed by atoms with Crippen molar-refractivity contribution in [3.63, 3.8) is 0 Å². The molecule has 1 heterocycles. The molecule has 1 aromatic carbocycles. The van der Waals surface area contributed by atoms with Gasteiger partial charge in [0, 0.05) is 25.7 Å². The van der Waals surface area contributed by atoms with Crippen molar-refractivity contribution in [2.45, 2.75) is 45.3 Å². The lowest BCUT2D eigenvalue weighted by Gasteiger charge is -2.33. The van der Waals surface area contributed by atoms with Crippen LogP contribution in [-0.2, 0) is 19.1 Å². The van der Waals surface area contributed by atoms with E-state index in [1.165, 1.54) is 11.9 Å². The van der Waals surface area contributed by atoms with Gasteiger partial charge in [-0.05, 0) is 33.6 Å². The van der Waals surface area contributed by atoms with Crippen LogP contribution >= 0.6 is 0 Å². The standard InChI is InChI=1S/C21H29N3O6/c1-21(2,3)30-20(28)24-12-8-11-15(13-24)18(26)29-16(14-9-6-5-7-10-14)17(25)23-19(27)22-4/h5-7,9-10,15-16H,8,11-13H2,1-4H3,(H2,22,23,25,27). The zero-order valence-electron chi connectivity index (χ0n) is 17.8. The van der Waals surface area contributed by atoms with Crippen molar-refractivity contribution in [2.75, 3.05) is 20.1 Å². The number of urea groups is 1. The summed E-state index contributed by atoms with van der Waals surface area (Å²) in [7, 11) is 1.37. The molecule has 2 unspecified atom stereocenters. The lowest BCUT2D eigenvalue weighted by Crippen LogP contribution is -2.46. The number of rotatable bonds is 4. The molecule has 1 aliphatic heterocycles. The van der Waals surface area contributed by atoms with E-state index in [1.807, 2.05) is 0 Å². The second kappa shape index (κ2) is 10.1. The molecule has 0 radical (unpaired) electrons. The molecular weight excluding hydrogens is 390 g/mol. The lowest BCUT2D eigenvalue weighted by atomic mass is 9.98. The highest BCUT2D eigenvalue weighted by Crippen LogP contribution is 2.24. The van der Waals surface area contributed by atoms with Gasteiger partial charge in [-0.1, -0.05) is 30.3 Å². The summed E-state index contributed by atoms with van der Waals surface area (Å²) >= 11 is 0. The molecule has 0 bridgehead atoms. The van der Waals surface area contributed by atoms with Crippen LogP contribution in [0.4, 0.5) is 9.59 Å². The predicted octanol–water partition coefficient (Wildman–Crippen LogP) is 2.37. The minimum absolute atomic E-state index is 0.145. The van der Waals surface area contributed by atoms with Crippen molar-refractivity contribution < 1.29 is 28.7 Å². The number of esters is 1. The maximum absolute atomic E-state index is 12.8. The molecule has 4 amide bonds. The van der Waals surface area contributed by atoms with Gasteiger partial charge in [0.05, 0.1) is 5.92 Å². The Labute approximate surface area is 176 Å². The van der Waals surface area contributed by atoms with Gasteiger partial charge in [0.2, 0.25) is 6.10 Å². The summed E-state index contributed by atoms with van der Waals surface area (Å²) in [5, 5.41) is 4.42. The predicted molar refractivity (Wildman–Crippen MR) is 108 cm³/mol. The Morgan fingerprint density at radius 3 is 2.40 bits per heavy atom. The number of piperidine rings is 1. The fraction of sp³-hybridized carbons (Fsp3) is 0.524. The molecule has 1 fully saturated rings. The molecule has 30 heavy (non-hydrogen) atoms. The van der Waals surface area contributed by atoms with E-state index in [0.29, 0.717) is 24.9 Å². The van der Waals surface area contributed by atoms with Crippen molar-refractivity contribution in [1.29, 1.82) is 0 Å². The fourth-order valence-corrected chi connectivity index (χ4v) is 3.01. The third kappa shape index (κ3) is 6.75. The van der Waals surface area contributed by atoms with Crippen LogP contribution in [0.15, 0.2) is 30.3 Å². The van der Waals surface area contributed by atoms with Crippen LogP contribution in [0, 0.1) is 5.92 Å². The van der Waals surface area contributed by atoms with Crippen molar-refractivity contribution >= 4 is 24.0 Å². The van der Waals surface area contributed by atoms with E-state index in [4.69, 9.17) is 9.47 Å². The third-order valence-corrected chi connectivity index (χ3v) is 4.44. The smallest absolute Gasteiger partial charge is 0.410 e. The SMILES string of the molecule is CNC(=O)NC(=O)C(OC(=O)C1CCCN(C(=O)OC(C)(C)C)C1)c1ccccc1. The molecule has 9 nitrogen and oxygen atoms in total. The maximum Gasteiger partial charge on any atom is 0.410 e. The number of imide groups is 1. The maximum atomic E-state index is 12.8. The first kappa shape index (κ1) is 23.2. The van der Waals surface area contributed by atoms with Crippen molar-refractivity contribution in [3.05, 3.63) is 35.9 Å². The van der Waals surface area contributed by atoms with Crippen molar-refractivity contribution in [1.82, 2.24) is 15.5 Å². The van der Waals surface area contributed by atoms with Gasteiger partial charge in [-0.3, -0.25) is 14.9 Å². The number of ether oxygens (including phenoxy) is 2. The Morgan fingerprint density at radius 2 is 1.80 bits per heavy atom. The molecule has 1 saturated heterocycles. The Hall–Kier alpha value is -3.10. The number of hydrogen-bond donors (Lipinski definition) is 2. The van der Waals surface area contributed by atoms with Crippen LogP contribution in [0.25, 0.3) is 0 Å². The van der Waals surface area contributed by atoms with Crippen LogP contribution in [0.2, 0.25) is 0 Å². The molecule has 1 aliphatic rings. The van der Waals surface area contributed by atoms with Crippen LogP contribution in [0.5, 0.6) is 0 Å². The van der Waals surface area contributed by atoms with Gasteiger partial charge in [-0.2, -0.15) is 0 Å². The summed E-state index contributed by atoms with van der Waals surface area (Å²) in [6.07, 6.45) is -0.638. The zero-order chi connectivity index (χ0) is 22.3. The second-order valence-electron chi connectivity index (χ2n) is 8.06. The number of nitrogens with one attached hydrogen (secondary N) is 2. The number of amides is 4. The topological polar surface area (TPSA) is 114 Å². The third-order valence-electron chi connectivity index (χ3n) is 4.44. The van der Waals surface area contributed by atoms with Gasteiger partial charge in [0.1, 0.15) is 5.60 Å². The highest BCUT2D eigenvalue weighted by Gasteiger charge is 2.35. The summed E-state index contributed by atoms with van der Waals surface area (Å²) in [6.45, 7) is 5.95. The minimum Gasteiger partial charge on any atom is -0.447 e. The van der Waals surface area contributed by atoms with E-state index in [9.17, 15) is 19.2 Å². The Bertz CT molecular complexity index is 775. The number of nitrogens with zero attached hydrogens (tertiary/aromatic N) is 1. The molecule has 2 atom stereocenters. The van der Waals surface area contributed by atoms with Gasteiger partial charge in [0.25, 0.3) is 5.91 Å². The molecule has 2 N–H and O–H groups in total.